The molecule has 2 aromatic heterocycles. The number of amides is 1. The zero-order valence-corrected chi connectivity index (χ0v) is 14.7. The molecule has 3 aromatic rings. The van der Waals surface area contributed by atoms with Crippen LogP contribution in [0.2, 0.25) is 5.02 Å². The summed E-state index contributed by atoms with van der Waals surface area (Å²) in [6, 6.07) is 7.11. The molecular formula is C17H16ClN5O3. The van der Waals surface area contributed by atoms with E-state index in [1.165, 1.54) is 13.3 Å². The molecule has 0 aliphatic carbocycles. The minimum absolute atomic E-state index is 0.0379. The lowest BCUT2D eigenvalue weighted by atomic mass is 10.3. The van der Waals surface area contributed by atoms with E-state index in [9.17, 15) is 9.59 Å². The fraction of sp³-hybridized carbons (Fsp3) is 0.176. The molecule has 0 aliphatic rings. The number of hydrogen-bond donors (Lipinski definition) is 1. The van der Waals surface area contributed by atoms with Crippen molar-refractivity contribution in [2.75, 3.05) is 7.11 Å². The van der Waals surface area contributed by atoms with E-state index in [1.807, 2.05) is 0 Å². The second-order valence-corrected chi connectivity index (χ2v) is 5.82. The summed E-state index contributed by atoms with van der Waals surface area (Å²) in [4.78, 5) is 27.8. The highest BCUT2D eigenvalue weighted by Gasteiger charge is 2.12. The van der Waals surface area contributed by atoms with Crippen LogP contribution in [0.3, 0.4) is 0 Å². The van der Waals surface area contributed by atoms with E-state index in [-0.39, 0.29) is 25.0 Å². The van der Waals surface area contributed by atoms with Crippen LogP contribution >= 0.6 is 11.6 Å². The molecule has 134 valence electrons. The Morgan fingerprint density at radius 1 is 1.27 bits per heavy atom. The maximum atomic E-state index is 12.3. The first kappa shape index (κ1) is 17.7. The fourth-order valence-electron chi connectivity index (χ4n) is 2.29. The molecule has 0 bridgehead atoms. The number of methoxy groups -OCH3 is 1. The van der Waals surface area contributed by atoms with Crippen molar-refractivity contribution in [2.45, 2.75) is 13.1 Å². The van der Waals surface area contributed by atoms with Crippen LogP contribution in [0.4, 0.5) is 0 Å². The zero-order valence-electron chi connectivity index (χ0n) is 13.9. The SMILES string of the molecule is COC(=O)Cn1ccnc1CNC(=O)c1cnn(-c2ccc(Cl)cc2)c1. The number of benzene rings is 1. The van der Waals surface area contributed by atoms with E-state index >= 15 is 0 Å². The van der Waals surface area contributed by atoms with Gasteiger partial charge in [0.1, 0.15) is 12.4 Å². The van der Waals surface area contributed by atoms with E-state index in [1.54, 1.807) is 52.1 Å². The Morgan fingerprint density at radius 2 is 2.04 bits per heavy atom. The van der Waals surface area contributed by atoms with E-state index in [0.29, 0.717) is 16.4 Å². The third kappa shape index (κ3) is 4.09. The summed E-state index contributed by atoms with van der Waals surface area (Å²) < 4.78 is 7.83. The predicted molar refractivity (Wildman–Crippen MR) is 94.0 cm³/mol. The van der Waals surface area contributed by atoms with Gasteiger partial charge in [-0.2, -0.15) is 5.10 Å². The standard InChI is InChI=1S/C17H16ClN5O3/c1-26-16(24)11-22-7-6-19-15(22)9-20-17(25)12-8-21-23(10-12)14-4-2-13(18)3-5-14/h2-8,10H,9,11H2,1H3,(H,20,25). The average molecular weight is 374 g/mol. The van der Waals surface area contributed by atoms with Gasteiger partial charge in [0.05, 0.1) is 31.1 Å². The highest BCUT2D eigenvalue weighted by Crippen LogP contribution is 2.13. The smallest absolute Gasteiger partial charge is 0.325 e. The number of ether oxygens (including phenoxy) is 1. The van der Waals surface area contributed by atoms with E-state index < -0.39 is 0 Å². The molecule has 0 saturated carbocycles. The molecule has 2 heterocycles. The number of nitrogens with zero attached hydrogens (tertiary/aromatic N) is 4. The van der Waals surface area contributed by atoms with Crippen molar-refractivity contribution in [3.8, 4) is 5.69 Å². The monoisotopic (exact) mass is 373 g/mol. The molecule has 3 rings (SSSR count). The summed E-state index contributed by atoms with van der Waals surface area (Å²) in [5.41, 5.74) is 1.20. The third-order valence-corrected chi connectivity index (χ3v) is 3.92. The first-order valence-electron chi connectivity index (χ1n) is 7.72. The molecular weight excluding hydrogens is 358 g/mol. The van der Waals surface area contributed by atoms with Crippen molar-refractivity contribution in [3.05, 3.63) is 65.5 Å². The number of aromatic nitrogens is 4. The summed E-state index contributed by atoms with van der Waals surface area (Å²) in [6.07, 6.45) is 6.31. The van der Waals surface area contributed by atoms with Gasteiger partial charge in [0.15, 0.2) is 0 Å². The maximum absolute atomic E-state index is 12.3. The molecule has 1 aromatic carbocycles. The fourth-order valence-corrected chi connectivity index (χ4v) is 2.42. The van der Waals surface area contributed by atoms with Crippen molar-refractivity contribution < 1.29 is 14.3 Å². The van der Waals surface area contributed by atoms with Crippen LogP contribution in [0.15, 0.2) is 49.1 Å². The van der Waals surface area contributed by atoms with Crippen molar-refractivity contribution >= 4 is 23.5 Å². The van der Waals surface area contributed by atoms with Gasteiger partial charge in [-0.1, -0.05) is 11.6 Å². The molecule has 0 fully saturated rings. The number of carbonyl (C=O) groups is 2. The highest BCUT2D eigenvalue weighted by molar-refractivity contribution is 6.30. The number of hydrogen-bond acceptors (Lipinski definition) is 5. The molecule has 1 N–H and O–H groups in total. The lowest BCUT2D eigenvalue weighted by Gasteiger charge is -2.07. The number of imidazole rings is 1. The minimum atomic E-state index is -0.389. The Bertz CT molecular complexity index is 917. The van der Waals surface area contributed by atoms with Crippen LogP contribution in [-0.2, 0) is 22.6 Å². The quantitative estimate of drug-likeness (QED) is 0.665. The van der Waals surface area contributed by atoms with Crippen molar-refractivity contribution in [3.63, 3.8) is 0 Å². The second kappa shape index (κ2) is 7.83. The second-order valence-electron chi connectivity index (χ2n) is 5.38. The number of carbonyl (C=O) groups excluding carboxylic acids is 2. The van der Waals surface area contributed by atoms with Crippen LogP contribution < -0.4 is 5.32 Å². The number of rotatable bonds is 6. The van der Waals surface area contributed by atoms with Crippen molar-refractivity contribution in [2.24, 2.45) is 0 Å². The van der Waals surface area contributed by atoms with Gasteiger partial charge >= 0.3 is 5.97 Å². The lowest BCUT2D eigenvalue weighted by molar-refractivity contribution is -0.141. The van der Waals surface area contributed by atoms with Gasteiger partial charge in [-0.25, -0.2) is 9.67 Å². The summed E-state index contributed by atoms with van der Waals surface area (Å²) in [5, 5.41) is 7.57. The highest BCUT2D eigenvalue weighted by atomic mass is 35.5. The third-order valence-electron chi connectivity index (χ3n) is 3.67. The molecule has 0 aliphatic heterocycles. The molecule has 8 nitrogen and oxygen atoms in total. The van der Waals surface area contributed by atoms with E-state index in [4.69, 9.17) is 11.6 Å². The summed E-state index contributed by atoms with van der Waals surface area (Å²) in [7, 11) is 1.32. The van der Waals surface area contributed by atoms with Crippen LogP contribution in [0.25, 0.3) is 5.69 Å². The minimum Gasteiger partial charge on any atom is -0.468 e. The van der Waals surface area contributed by atoms with E-state index in [0.717, 1.165) is 5.69 Å². The van der Waals surface area contributed by atoms with Crippen LogP contribution in [-0.4, -0.2) is 38.3 Å². The molecule has 0 saturated heterocycles. The summed E-state index contributed by atoms with van der Waals surface area (Å²) in [6.45, 7) is 0.213. The van der Waals surface area contributed by atoms with Crippen LogP contribution in [0, 0.1) is 0 Å². The molecule has 0 radical (unpaired) electrons. The van der Waals surface area contributed by atoms with Gasteiger partial charge in [0.2, 0.25) is 0 Å². The Labute approximate surface area is 154 Å². The first-order valence-corrected chi connectivity index (χ1v) is 8.10. The molecule has 1 amide bonds. The lowest BCUT2D eigenvalue weighted by Crippen LogP contribution is -2.25. The van der Waals surface area contributed by atoms with Crippen molar-refractivity contribution in [1.82, 2.24) is 24.6 Å². The van der Waals surface area contributed by atoms with Gasteiger partial charge in [0, 0.05) is 23.6 Å². The number of esters is 1. The predicted octanol–water partition coefficient (Wildman–Crippen LogP) is 1.83. The number of nitrogens with one attached hydrogen (secondary N) is 1. The Morgan fingerprint density at radius 3 is 2.77 bits per heavy atom. The Balaban J connectivity index is 1.64. The Hall–Kier alpha value is -3.13. The largest absolute Gasteiger partial charge is 0.468 e. The first-order chi connectivity index (χ1) is 12.6. The number of halogens is 1. The molecule has 0 atom stereocenters. The molecule has 9 heteroatoms. The zero-order chi connectivity index (χ0) is 18.5. The van der Waals surface area contributed by atoms with Gasteiger partial charge in [0.25, 0.3) is 5.91 Å². The Kier molecular flexibility index (Phi) is 5.33. The molecule has 0 unspecified atom stereocenters. The van der Waals surface area contributed by atoms with Crippen molar-refractivity contribution in [1.29, 1.82) is 0 Å². The van der Waals surface area contributed by atoms with Gasteiger partial charge < -0.3 is 14.6 Å². The summed E-state index contributed by atoms with van der Waals surface area (Å²) >= 11 is 5.87. The van der Waals surface area contributed by atoms with Gasteiger partial charge in [-0.05, 0) is 24.3 Å². The van der Waals surface area contributed by atoms with Gasteiger partial charge in [-0.15, -0.1) is 0 Å². The van der Waals surface area contributed by atoms with Crippen LogP contribution in [0.5, 0.6) is 0 Å². The maximum Gasteiger partial charge on any atom is 0.325 e. The normalized spacial score (nSPS) is 10.5. The van der Waals surface area contributed by atoms with E-state index in [2.05, 4.69) is 20.1 Å². The average Bonchev–Trinajstić information content (AvgIpc) is 3.30. The van der Waals surface area contributed by atoms with Gasteiger partial charge in [-0.3, -0.25) is 9.59 Å². The topological polar surface area (TPSA) is 91.0 Å². The summed E-state index contributed by atoms with van der Waals surface area (Å²) in [5.74, 6) is -0.133. The molecule has 0 spiro atoms. The van der Waals surface area contributed by atoms with Crippen LogP contribution in [0.1, 0.15) is 16.2 Å². The molecule has 26 heavy (non-hydrogen) atoms.